The molecule has 1 amide bonds. The van der Waals surface area contributed by atoms with E-state index in [1.807, 2.05) is 6.92 Å². The van der Waals surface area contributed by atoms with E-state index in [0.717, 1.165) is 31.4 Å². The third-order valence-electron chi connectivity index (χ3n) is 6.48. The van der Waals surface area contributed by atoms with Crippen molar-refractivity contribution in [2.75, 3.05) is 16.8 Å². The molecule has 0 saturated heterocycles. The molecule has 1 atom stereocenters. The number of carbonyl (C=O) groups is 1. The summed E-state index contributed by atoms with van der Waals surface area (Å²) in [5, 5.41) is 0. The van der Waals surface area contributed by atoms with Crippen LogP contribution in [0.2, 0.25) is 0 Å². The molecule has 1 aliphatic heterocycles. The Kier molecular flexibility index (Phi) is 5.10. The quantitative estimate of drug-likeness (QED) is 0.580. The molecule has 0 unspecified atom stereocenters. The van der Waals surface area contributed by atoms with Crippen LogP contribution in [0, 0.1) is 0 Å². The average Bonchev–Trinajstić information content (AvgIpc) is 3.25. The van der Waals surface area contributed by atoms with Gasteiger partial charge in [-0.25, -0.2) is 9.97 Å². The number of nitrogens with zero attached hydrogens (tertiary/aromatic N) is 6. The molecule has 1 aromatic carbocycles. The summed E-state index contributed by atoms with van der Waals surface area (Å²) in [5.41, 5.74) is 0.448. The fourth-order valence-electron chi connectivity index (χ4n) is 4.46. The van der Waals surface area contributed by atoms with Gasteiger partial charge in [-0.15, -0.1) is 0 Å². The zero-order valence-electron chi connectivity index (χ0n) is 18.3. The summed E-state index contributed by atoms with van der Waals surface area (Å²) in [4.78, 5) is 30.3. The Balaban J connectivity index is 1.57. The Hall–Kier alpha value is -3.43. The van der Waals surface area contributed by atoms with Crippen LogP contribution in [0.25, 0.3) is 17.3 Å². The van der Waals surface area contributed by atoms with Crippen molar-refractivity contribution in [1.82, 2.24) is 19.5 Å². The Bertz CT molecular complexity index is 1190. The first-order chi connectivity index (χ1) is 15.8. The van der Waals surface area contributed by atoms with Crippen LogP contribution in [-0.4, -0.2) is 44.6 Å². The van der Waals surface area contributed by atoms with E-state index in [1.165, 1.54) is 12.1 Å². The maximum absolute atomic E-state index is 13.0. The molecule has 2 aliphatic rings. The molecule has 5 rings (SSSR count). The minimum Gasteiger partial charge on any atom is -0.340 e. The predicted octanol–water partition coefficient (Wildman–Crippen LogP) is 4.46. The van der Waals surface area contributed by atoms with Gasteiger partial charge in [0, 0.05) is 31.0 Å². The monoisotopic (exact) mass is 456 g/mol. The van der Waals surface area contributed by atoms with Gasteiger partial charge in [0.25, 0.3) is 0 Å². The van der Waals surface area contributed by atoms with Crippen LogP contribution in [0.15, 0.2) is 42.9 Å². The highest BCUT2D eigenvalue weighted by Crippen LogP contribution is 2.40. The van der Waals surface area contributed by atoms with Crippen LogP contribution in [0.4, 0.5) is 24.7 Å². The molecule has 7 nitrogen and oxygen atoms in total. The van der Waals surface area contributed by atoms with Gasteiger partial charge in [0.15, 0.2) is 5.82 Å². The van der Waals surface area contributed by atoms with Gasteiger partial charge in [0.05, 0.1) is 11.8 Å². The number of alkyl halides is 3. The van der Waals surface area contributed by atoms with Crippen molar-refractivity contribution < 1.29 is 18.0 Å². The first-order valence-corrected chi connectivity index (χ1v) is 10.9. The van der Waals surface area contributed by atoms with E-state index in [2.05, 4.69) is 14.9 Å². The Morgan fingerprint density at radius 3 is 2.45 bits per heavy atom. The van der Waals surface area contributed by atoms with Crippen LogP contribution >= 0.6 is 0 Å². The first-order valence-electron chi connectivity index (χ1n) is 10.9. The SMILES string of the molecule is CC[C@@H]1C(=O)N(C)c2cnc(-n3ccnc3-c3ccc(C(F)(F)F)cc3)nc2N1C1CCC1. The number of likely N-dealkylation sites (N-methyl/N-ethyl adjacent to an activating group) is 1. The topological polar surface area (TPSA) is 67.2 Å². The molecule has 0 spiro atoms. The summed E-state index contributed by atoms with van der Waals surface area (Å²) in [7, 11) is 1.73. The van der Waals surface area contributed by atoms with Crippen LogP contribution in [0.5, 0.6) is 0 Å². The van der Waals surface area contributed by atoms with Crippen molar-refractivity contribution in [3.8, 4) is 17.3 Å². The third-order valence-corrected chi connectivity index (χ3v) is 6.48. The maximum atomic E-state index is 13.0. The number of fused-ring (bicyclic) bond motifs is 1. The van der Waals surface area contributed by atoms with Crippen LogP contribution < -0.4 is 9.80 Å². The van der Waals surface area contributed by atoms with Crippen molar-refractivity contribution in [1.29, 1.82) is 0 Å². The summed E-state index contributed by atoms with van der Waals surface area (Å²) in [6.45, 7) is 1.99. The number of halogens is 3. The van der Waals surface area contributed by atoms with Crippen molar-refractivity contribution in [3.05, 3.63) is 48.4 Å². The van der Waals surface area contributed by atoms with E-state index in [9.17, 15) is 18.0 Å². The fraction of sp³-hybridized carbons (Fsp3) is 0.391. The van der Waals surface area contributed by atoms with Gasteiger partial charge in [-0.05, 0) is 37.8 Å². The van der Waals surface area contributed by atoms with E-state index in [1.54, 1.807) is 35.1 Å². The molecule has 3 aromatic rings. The van der Waals surface area contributed by atoms with Crippen molar-refractivity contribution in [2.24, 2.45) is 0 Å². The zero-order chi connectivity index (χ0) is 23.3. The number of hydrogen-bond donors (Lipinski definition) is 0. The fourth-order valence-corrected chi connectivity index (χ4v) is 4.46. The molecule has 0 bridgehead atoms. The number of carbonyl (C=O) groups excluding carboxylic acids is 1. The van der Waals surface area contributed by atoms with Gasteiger partial charge in [0.2, 0.25) is 11.9 Å². The van der Waals surface area contributed by atoms with Gasteiger partial charge >= 0.3 is 6.18 Å². The standard InChI is InChI=1S/C23H23F3N6O/c1-3-17-21(33)30(2)18-13-28-22(29-20(18)32(17)16-5-4-6-16)31-12-11-27-19(31)14-7-9-15(10-8-14)23(24,25)26/h7-13,16-17H,3-6H2,1-2H3/t17-/m1/s1. The molecule has 0 radical (unpaired) electrons. The van der Waals surface area contributed by atoms with Gasteiger partial charge < -0.3 is 9.80 Å². The molecule has 1 fully saturated rings. The van der Waals surface area contributed by atoms with Crippen LogP contribution in [-0.2, 0) is 11.0 Å². The summed E-state index contributed by atoms with van der Waals surface area (Å²) in [5.74, 6) is 1.52. The lowest BCUT2D eigenvalue weighted by Crippen LogP contribution is -2.57. The molecule has 172 valence electrons. The highest BCUT2D eigenvalue weighted by atomic mass is 19.4. The third kappa shape index (κ3) is 3.53. The zero-order valence-corrected chi connectivity index (χ0v) is 18.3. The van der Waals surface area contributed by atoms with Gasteiger partial charge in [-0.3, -0.25) is 9.36 Å². The summed E-state index contributed by atoms with van der Waals surface area (Å²) in [6.07, 6.45) is 4.27. The lowest BCUT2D eigenvalue weighted by Gasteiger charge is -2.47. The minimum atomic E-state index is -4.40. The van der Waals surface area contributed by atoms with Gasteiger partial charge in [-0.1, -0.05) is 19.1 Å². The Morgan fingerprint density at radius 2 is 1.85 bits per heavy atom. The maximum Gasteiger partial charge on any atom is 0.416 e. The number of benzene rings is 1. The second-order valence-electron chi connectivity index (χ2n) is 8.39. The second-order valence-corrected chi connectivity index (χ2v) is 8.39. The number of amides is 1. The molecule has 33 heavy (non-hydrogen) atoms. The van der Waals surface area contributed by atoms with Crippen molar-refractivity contribution in [2.45, 2.75) is 50.9 Å². The van der Waals surface area contributed by atoms with E-state index in [-0.39, 0.29) is 18.0 Å². The predicted molar refractivity (Wildman–Crippen MR) is 117 cm³/mol. The van der Waals surface area contributed by atoms with Crippen molar-refractivity contribution in [3.63, 3.8) is 0 Å². The van der Waals surface area contributed by atoms with Crippen LogP contribution in [0.3, 0.4) is 0 Å². The smallest absolute Gasteiger partial charge is 0.340 e. The molecule has 2 aromatic heterocycles. The highest BCUT2D eigenvalue weighted by molar-refractivity contribution is 6.04. The van der Waals surface area contributed by atoms with E-state index in [4.69, 9.17) is 4.98 Å². The van der Waals surface area contributed by atoms with Gasteiger partial charge in [0.1, 0.15) is 17.6 Å². The molecule has 1 saturated carbocycles. The second kappa shape index (κ2) is 7.86. The molecule has 0 N–H and O–H groups in total. The average molecular weight is 456 g/mol. The number of hydrogen-bond acceptors (Lipinski definition) is 5. The summed E-state index contributed by atoms with van der Waals surface area (Å²) < 4.78 is 40.5. The van der Waals surface area contributed by atoms with E-state index in [0.29, 0.717) is 35.3 Å². The normalized spacial score (nSPS) is 18.9. The first kappa shape index (κ1) is 21.4. The number of rotatable bonds is 4. The molecular weight excluding hydrogens is 433 g/mol. The molecule has 10 heteroatoms. The lowest BCUT2D eigenvalue weighted by atomic mass is 9.88. The largest absolute Gasteiger partial charge is 0.416 e. The van der Waals surface area contributed by atoms with Crippen LogP contribution in [0.1, 0.15) is 38.2 Å². The minimum absolute atomic E-state index is 0.0290. The Labute approximate surface area is 188 Å². The number of anilines is 2. The molecular formula is C23H23F3N6O. The number of aromatic nitrogens is 4. The van der Waals surface area contributed by atoms with E-state index < -0.39 is 11.7 Å². The highest BCUT2D eigenvalue weighted by Gasteiger charge is 2.42. The number of imidazole rings is 1. The Morgan fingerprint density at radius 1 is 1.12 bits per heavy atom. The summed E-state index contributed by atoms with van der Waals surface area (Å²) >= 11 is 0. The molecule has 3 heterocycles. The summed E-state index contributed by atoms with van der Waals surface area (Å²) in [6, 6.07) is 4.82. The van der Waals surface area contributed by atoms with Crippen molar-refractivity contribution >= 4 is 17.4 Å². The lowest BCUT2D eigenvalue weighted by molar-refractivity contribution is -0.137. The van der Waals surface area contributed by atoms with E-state index >= 15 is 0 Å². The molecule has 1 aliphatic carbocycles. The van der Waals surface area contributed by atoms with Gasteiger partial charge in [-0.2, -0.15) is 18.2 Å².